The molecule has 1 aromatic carbocycles. The molecule has 1 saturated heterocycles. The molecule has 0 atom stereocenters. The van der Waals surface area contributed by atoms with Crippen LogP contribution in [0, 0.1) is 5.92 Å². The van der Waals surface area contributed by atoms with E-state index in [4.69, 9.17) is 0 Å². The molecule has 1 aliphatic heterocycles. The lowest BCUT2D eigenvalue weighted by atomic mass is 10.0. The van der Waals surface area contributed by atoms with Gasteiger partial charge in [-0.2, -0.15) is 4.31 Å². The molecule has 1 heterocycles. The monoisotopic (exact) mass is 396 g/mol. The van der Waals surface area contributed by atoms with E-state index >= 15 is 0 Å². The molecule has 1 aliphatic rings. The van der Waals surface area contributed by atoms with Crippen molar-refractivity contribution < 1.29 is 27.5 Å². The lowest BCUT2D eigenvalue weighted by Gasteiger charge is -2.29. The highest BCUT2D eigenvalue weighted by molar-refractivity contribution is 7.89. The molecule has 0 saturated carbocycles. The molecule has 1 aromatic rings. The van der Waals surface area contributed by atoms with E-state index in [1.54, 1.807) is 12.1 Å². The standard InChI is InChI=1S/C18H24N2O6S/c1-13-7-9-20(10-8-13)27(23,24)15-6-4-5-14(11-15)19-16(18(22)26-3)12-17(21)25-2/h4-6,11-13,19H,7-10H2,1-3H3/b16-12+. The molecule has 0 aliphatic carbocycles. The minimum Gasteiger partial charge on any atom is -0.466 e. The van der Waals surface area contributed by atoms with Gasteiger partial charge in [0.05, 0.1) is 25.2 Å². The maximum Gasteiger partial charge on any atom is 0.354 e. The van der Waals surface area contributed by atoms with Gasteiger partial charge in [-0.3, -0.25) is 0 Å². The van der Waals surface area contributed by atoms with Crippen LogP contribution in [0.5, 0.6) is 0 Å². The highest BCUT2D eigenvalue weighted by atomic mass is 32.2. The van der Waals surface area contributed by atoms with Crippen molar-refractivity contribution in [3.63, 3.8) is 0 Å². The Hall–Kier alpha value is -2.39. The number of ether oxygens (including phenoxy) is 2. The molecule has 0 radical (unpaired) electrons. The van der Waals surface area contributed by atoms with Gasteiger partial charge in [0.25, 0.3) is 0 Å². The first-order valence-electron chi connectivity index (χ1n) is 8.53. The van der Waals surface area contributed by atoms with E-state index in [1.165, 1.54) is 30.7 Å². The highest BCUT2D eigenvalue weighted by Crippen LogP contribution is 2.25. The number of hydrogen-bond acceptors (Lipinski definition) is 7. The van der Waals surface area contributed by atoms with E-state index in [9.17, 15) is 18.0 Å². The first-order chi connectivity index (χ1) is 12.8. The summed E-state index contributed by atoms with van der Waals surface area (Å²) in [5, 5.41) is 2.72. The third-order valence-electron chi connectivity index (χ3n) is 4.36. The number of carbonyl (C=O) groups excluding carboxylic acids is 2. The fraction of sp³-hybridized carbons (Fsp3) is 0.444. The zero-order chi connectivity index (χ0) is 20.0. The van der Waals surface area contributed by atoms with E-state index in [0.29, 0.717) is 24.7 Å². The van der Waals surface area contributed by atoms with Crippen molar-refractivity contribution in [1.29, 1.82) is 0 Å². The molecule has 1 fully saturated rings. The summed E-state index contributed by atoms with van der Waals surface area (Å²) in [4.78, 5) is 23.4. The molecule has 0 amide bonds. The van der Waals surface area contributed by atoms with E-state index in [2.05, 4.69) is 21.7 Å². The molecule has 1 N–H and O–H groups in total. The Bertz CT molecular complexity index is 826. The summed E-state index contributed by atoms with van der Waals surface area (Å²) in [6, 6.07) is 6.07. The molecule has 148 valence electrons. The summed E-state index contributed by atoms with van der Waals surface area (Å²) in [6.07, 6.45) is 2.59. The lowest BCUT2D eigenvalue weighted by molar-refractivity contribution is -0.138. The van der Waals surface area contributed by atoms with Crippen LogP contribution < -0.4 is 5.32 Å². The van der Waals surface area contributed by atoms with Gasteiger partial charge in [-0.25, -0.2) is 18.0 Å². The van der Waals surface area contributed by atoms with Crippen molar-refractivity contribution in [2.45, 2.75) is 24.7 Å². The molecular formula is C18H24N2O6S. The maximum atomic E-state index is 12.9. The number of hydrogen-bond donors (Lipinski definition) is 1. The number of nitrogens with one attached hydrogen (secondary N) is 1. The number of methoxy groups -OCH3 is 2. The third-order valence-corrected chi connectivity index (χ3v) is 6.26. The van der Waals surface area contributed by atoms with Crippen LogP contribution >= 0.6 is 0 Å². The number of anilines is 1. The first-order valence-corrected chi connectivity index (χ1v) is 9.97. The zero-order valence-electron chi connectivity index (χ0n) is 15.6. The zero-order valence-corrected chi connectivity index (χ0v) is 16.4. The van der Waals surface area contributed by atoms with Crippen molar-refractivity contribution >= 4 is 27.6 Å². The second kappa shape index (κ2) is 9.01. The molecule has 8 nitrogen and oxygen atoms in total. The van der Waals surface area contributed by atoms with Crippen LogP contribution in [0.15, 0.2) is 40.9 Å². The molecule has 2 rings (SSSR count). The van der Waals surface area contributed by atoms with Gasteiger partial charge in [0, 0.05) is 18.8 Å². The number of nitrogens with zero attached hydrogens (tertiary/aromatic N) is 1. The SMILES string of the molecule is COC(=O)/C=C(/Nc1cccc(S(=O)(=O)N2CCC(C)CC2)c1)C(=O)OC. The largest absolute Gasteiger partial charge is 0.466 e. The average molecular weight is 396 g/mol. The average Bonchev–Trinajstić information content (AvgIpc) is 2.67. The van der Waals surface area contributed by atoms with Crippen molar-refractivity contribution in [2.75, 3.05) is 32.6 Å². The summed E-state index contributed by atoms with van der Waals surface area (Å²) < 4.78 is 36.3. The fourth-order valence-corrected chi connectivity index (χ4v) is 4.21. The number of esters is 2. The number of sulfonamides is 1. The fourth-order valence-electron chi connectivity index (χ4n) is 2.70. The van der Waals surface area contributed by atoms with E-state index in [0.717, 1.165) is 18.9 Å². The van der Waals surface area contributed by atoms with Gasteiger partial charge in [0.1, 0.15) is 5.70 Å². The van der Waals surface area contributed by atoms with Crippen LogP contribution in [0.2, 0.25) is 0 Å². The molecule has 0 aromatic heterocycles. The highest BCUT2D eigenvalue weighted by Gasteiger charge is 2.28. The summed E-state index contributed by atoms with van der Waals surface area (Å²) in [7, 11) is -1.28. The summed E-state index contributed by atoms with van der Waals surface area (Å²) in [5.41, 5.74) is 0.174. The normalized spacial score (nSPS) is 16.6. The minimum absolute atomic E-state index is 0.115. The smallest absolute Gasteiger partial charge is 0.354 e. The van der Waals surface area contributed by atoms with Gasteiger partial charge >= 0.3 is 11.9 Å². The van der Waals surface area contributed by atoms with Crippen molar-refractivity contribution in [3.8, 4) is 0 Å². The first kappa shape index (κ1) is 20.9. The Labute approximate surface area is 159 Å². The van der Waals surface area contributed by atoms with Crippen molar-refractivity contribution in [2.24, 2.45) is 5.92 Å². The second-order valence-electron chi connectivity index (χ2n) is 6.31. The lowest BCUT2D eigenvalue weighted by Crippen LogP contribution is -2.37. The van der Waals surface area contributed by atoms with Crippen LogP contribution in [0.25, 0.3) is 0 Å². The Kier molecular flexibility index (Phi) is 6.98. The van der Waals surface area contributed by atoms with Gasteiger partial charge in [0.2, 0.25) is 10.0 Å². The van der Waals surface area contributed by atoms with Crippen molar-refractivity contribution in [1.82, 2.24) is 4.31 Å². The topological polar surface area (TPSA) is 102 Å². The molecular weight excluding hydrogens is 372 g/mol. The van der Waals surface area contributed by atoms with Gasteiger partial charge in [0.15, 0.2) is 0 Å². The van der Waals surface area contributed by atoms with Crippen molar-refractivity contribution in [3.05, 3.63) is 36.0 Å². The van der Waals surface area contributed by atoms with Crippen LogP contribution in [-0.2, 0) is 29.1 Å². The van der Waals surface area contributed by atoms with Gasteiger partial charge < -0.3 is 14.8 Å². The number of piperidine rings is 1. The third kappa shape index (κ3) is 5.30. The number of carbonyl (C=O) groups is 2. The predicted octanol–water partition coefficient (Wildman–Crippen LogP) is 1.75. The summed E-state index contributed by atoms with van der Waals surface area (Å²) in [5.74, 6) is -1.01. The number of rotatable bonds is 6. The van der Waals surface area contributed by atoms with E-state index in [-0.39, 0.29) is 10.6 Å². The second-order valence-corrected chi connectivity index (χ2v) is 8.25. The van der Waals surface area contributed by atoms with Crippen LogP contribution in [-0.4, -0.2) is 52.0 Å². The quantitative estimate of drug-likeness (QED) is 0.577. The number of benzene rings is 1. The van der Waals surface area contributed by atoms with E-state index < -0.39 is 22.0 Å². The Morgan fingerprint density at radius 2 is 1.85 bits per heavy atom. The minimum atomic E-state index is -3.63. The summed E-state index contributed by atoms with van der Waals surface area (Å²) >= 11 is 0. The van der Waals surface area contributed by atoms with Gasteiger partial charge in [-0.05, 0) is 37.0 Å². The van der Waals surface area contributed by atoms with Crippen LogP contribution in [0.3, 0.4) is 0 Å². The molecule has 9 heteroatoms. The van der Waals surface area contributed by atoms with Gasteiger partial charge in [-0.1, -0.05) is 13.0 Å². The van der Waals surface area contributed by atoms with Crippen LogP contribution in [0.4, 0.5) is 5.69 Å². The summed E-state index contributed by atoms with van der Waals surface area (Å²) in [6.45, 7) is 3.07. The molecule has 0 spiro atoms. The Morgan fingerprint density at radius 3 is 2.44 bits per heavy atom. The maximum absolute atomic E-state index is 12.9. The molecule has 27 heavy (non-hydrogen) atoms. The van der Waals surface area contributed by atoms with Gasteiger partial charge in [-0.15, -0.1) is 0 Å². The molecule has 0 bridgehead atoms. The van der Waals surface area contributed by atoms with Crippen LogP contribution in [0.1, 0.15) is 19.8 Å². The van der Waals surface area contributed by atoms with E-state index in [1.807, 2.05) is 0 Å². The predicted molar refractivity (Wildman–Crippen MR) is 99.3 cm³/mol. The molecule has 0 unspecified atom stereocenters. The Morgan fingerprint density at radius 1 is 1.19 bits per heavy atom. The Balaban J connectivity index is 2.27.